The van der Waals surface area contributed by atoms with E-state index in [9.17, 15) is 0 Å². The third-order valence-electron chi connectivity index (χ3n) is 4.43. The summed E-state index contributed by atoms with van der Waals surface area (Å²) in [6, 6.07) is 6.86. The van der Waals surface area contributed by atoms with Crippen LogP contribution in [0.4, 0.5) is 5.69 Å². The second-order valence-electron chi connectivity index (χ2n) is 6.23. The Morgan fingerprint density at radius 3 is 2.53 bits per heavy atom. The molecule has 0 radical (unpaired) electrons. The fraction of sp³-hybridized carbons (Fsp3) is 0.647. The number of rotatable bonds is 4. The van der Waals surface area contributed by atoms with Gasteiger partial charge in [-0.1, -0.05) is 31.5 Å². The maximum atomic E-state index is 3.29. The second kappa shape index (κ2) is 6.42. The summed E-state index contributed by atoms with van der Waals surface area (Å²) in [5.74, 6) is 1.74. The van der Waals surface area contributed by atoms with Crippen molar-refractivity contribution in [2.45, 2.75) is 40.2 Å². The molecule has 1 heterocycles. The van der Waals surface area contributed by atoms with E-state index in [2.05, 4.69) is 49.2 Å². The first-order valence-electron chi connectivity index (χ1n) is 7.61. The molecular formula is C17H28N2. The molecule has 2 heteroatoms. The van der Waals surface area contributed by atoms with Gasteiger partial charge < -0.3 is 10.2 Å². The van der Waals surface area contributed by atoms with Crippen LogP contribution in [0.3, 0.4) is 0 Å². The van der Waals surface area contributed by atoms with Crippen molar-refractivity contribution in [3.63, 3.8) is 0 Å². The zero-order valence-electron chi connectivity index (χ0n) is 12.9. The van der Waals surface area contributed by atoms with Gasteiger partial charge in [0.1, 0.15) is 0 Å². The molecule has 0 unspecified atom stereocenters. The van der Waals surface area contributed by atoms with Crippen LogP contribution in [-0.2, 0) is 6.54 Å². The topological polar surface area (TPSA) is 15.3 Å². The minimum absolute atomic E-state index is 0.831. The zero-order valence-corrected chi connectivity index (χ0v) is 12.9. The Labute approximate surface area is 118 Å². The largest absolute Gasteiger partial charge is 0.371 e. The van der Waals surface area contributed by atoms with E-state index in [1.165, 1.54) is 42.7 Å². The molecule has 1 aromatic rings. The van der Waals surface area contributed by atoms with E-state index < -0.39 is 0 Å². The van der Waals surface area contributed by atoms with Crippen LogP contribution in [0.1, 0.15) is 37.8 Å². The third kappa shape index (κ3) is 3.50. The lowest BCUT2D eigenvalue weighted by Gasteiger charge is -2.36. The SMILES string of the molecule is CNCc1cc(C)ccc1N1CCC(C(C)C)CC1. The molecule has 0 aliphatic carbocycles. The summed E-state index contributed by atoms with van der Waals surface area (Å²) < 4.78 is 0. The van der Waals surface area contributed by atoms with E-state index in [0.717, 1.165) is 18.4 Å². The summed E-state index contributed by atoms with van der Waals surface area (Å²) in [4.78, 5) is 2.57. The molecule has 1 N–H and O–H groups in total. The number of anilines is 1. The third-order valence-corrected chi connectivity index (χ3v) is 4.43. The molecule has 1 saturated heterocycles. The van der Waals surface area contributed by atoms with Crippen LogP contribution < -0.4 is 10.2 Å². The molecule has 106 valence electrons. The normalized spacial score (nSPS) is 17.2. The zero-order chi connectivity index (χ0) is 13.8. The van der Waals surface area contributed by atoms with Gasteiger partial charge in [0.15, 0.2) is 0 Å². The van der Waals surface area contributed by atoms with Crippen LogP contribution in [0.15, 0.2) is 18.2 Å². The van der Waals surface area contributed by atoms with E-state index in [4.69, 9.17) is 0 Å². The molecule has 2 rings (SSSR count). The highest BCUT2D eigenvalue weighted by atomic mass is 15.1. The molecule has 1 aliphatic rings. The van der Waals surface area contributed by atoms with E-state index in [1.807, 2.05) is 7.05 Å². The Kier molecular flexibility index (Phi) is 4.87. The Hall–Kier alpha value is -1.02. The van der Waals surface area contributed by atoms with E-state index in [0.29, 0.717) is 0 Å². The average Bonchev–Trinajstić information content (AvgIpc) is 2.39. The van der Waals surface area contributed by atoms with Gasteiger partial charge in [-0.2, -0.15) is 0 Å². The quantitative estimate of drug-likeness (QED) is 0.890. The van der Waals surface area contributed by atoms with Crippen LogP contribution in [-0.4, -0.2) is 20.1 Å². The first kappa shape index (κ1) is 14.4. The molecule has 0 atom stereocenters. The lowest BCUT2D eigenvalue weighted by Crippen LogP contribution is -2.36. The minimum Gasteiger partial charge on any atom is -0.371 e. The Morgan fingerprint density at radius 1 is 1.26 bits per heavy atom. The van der Waals surface area contributed by atoms with Gasteiger partial charge in [-0.25, -0.2) is 0 Å². The smallest absolute Gasteiger partial charge is 0.0412 e. The average molecular weight is 260 g/mol. The van der Waals surface area contributed by atoms with Gasteiger partial charge in [-0.3, -0.25) is 0 Å². The summed E-state index contributed by atoms with van der Waals surface area (Å²) in [6.07, 6.45) is 2.68. The number of piperidine rings is 1. The molecule has 0 bridgehead atoms. The summed E-state index contributed by atoms with van der Waals surface area (Å²) >= 11 is 0. The van der Waals surface area contributed by atoms with Crippen molar-refractivity contribution in [3.05, 3.63) is 29.3 Å². The number of nitrogens with zero attached hydrogens (tertiary/aromatic N) is 1. The van der Waals surface area contributed by atoms with Gasteiger partial charge in [-0.15, -0.1) is 0 Å². The van der Waals surface area contributed by atoms with Crippen molar-refractivity contribution in [2.24, 2.45) is 11.8 Å². The van der Waals surface area contributed by atoms with Crippen LogP contribution in [0.5, 0.6) is 0 Å². The lowest BCUT2D eigenvalue weighted by atomic mass is 9.86. The Morgan fingerprint density at radius 2 is 1.95 bits per heavy atom. The van der Waals surface area contributed by atoms with Crippen molar-refractivity contribution in [1.29, 1.82) is 0 Å². The highest BCUT2D eigenvalue weighted by Gasteiger charge is 2.22. The molecule has 1 aromatic carbocycles. The van der Waals surface area contributed by atoms with Gasteiger partial charge in [0.2, 0.25) is 0 Å². The van der Waals surface area contributed by atoms with Gasteiger partial charge in [0.25, 0.3) is 0 Å². The first-order chi connectivity index (χ1) is 9.11. The fourth-order valence-electron chi connectivity index (χ4n) is 3.16. The maximum Gasteiger partial charge on any atom is 0.0412 e. The molecular weight excluding hydrogens is 232 g/mol. The van der Waals surface area contributed by atoms with Crippen molar-refractivity contribution in [3.8, 4) is 0 Å². The lowest BCUT2D eigenvalue weighted by molar-refractivity contribution is 0.311. The molecule has 0 amide bonds. The van der Waals surface area contributed by atoms with Crippen molar-refractivity contribution in [2.75, 3.05) is 25.0 Å². The molecule has 0 saturated carbocycles. The number of hydrogen-bond acceptors (Lipinski definition) is 2. The fourth-order valence-corrected chi connectivity index (χ4v) is 3.16. The van der Waals surface area contributed by atoms with Gasteiger partial charge in [-0.05, 0) is 50.3 Å². The highest BCUT2D eigenvalue weighted by molar-refractivity contribution is 5.55. The predicted octanol–water partition coefficient (Wildman–Crippen LogP) is 3.59. The second-order valence-corrected chi connectivity index (χ2v) is 6.23. The Balaban J connectivity index is 2.10. The minimum atomic E-state index is 0.831. The van der Waals surface area contributed by atoms with E-state index >= 15 is 0 Å². The molecule has 0 spiro atoms. The van der Waals surface area contributed by atoms with Crippen molar-refractivity contribution in [1.82, 2.24) is 5.32 Å². The van der Waals surface area contributed by atoms with E-state index in [-0.39, 0.29) is 0 Å². The number of benzene rings is 1. The standard InChI is InChI=1S/C17H28N2/c1-13(2)15-7-9-19(10-8-15)17-6-5-14(3)11-16(17)12-18-4/h5-6,11,13,15,18H,7-10,12H2,1-4H3. The molecule has 2 nitrogen and oxygen atoms in total. The molecule has 0 aromatic heterocycles. The molecule has 1 aliphatic heterocycles. The van der Waals surface area contributed by atoms with Crippen molar-refractivity contribution < 1.29 is 0 Å². The van der Waals surface area contributed by atoms with Crippen LogP contribution >= 0.6 is 0 Å². The maximum absolute atomic E-state index is 3.29. The van der Waals surface area contributed by atoms with E-state index in [1.54, 1.807) is 0 Å². The molecule has 19 heavy (non-hydrogen) atoms. The van der Waals surface area contributed by atoms with Crippen LogP contribution in [0.25, 0.3) is 0 Å². The molecule has 1 fully saturated rings. The monoisotopic (exact) mass is 260 g/mol. The highest BCUT2D eigenvalue weighted by Crippen LogP contribution is 2.30. The summed E-state index contributed by atoms with van der Waals surface area (Å²) in [5, 5.41) is 3.29. The van der Waals surface area contributed by atoms with Gasteiger partial charge in [0, 0.05) is 25.3 Å². The van der Waals surface area contributed by atoms with Gasteiger partial charge >= 0.3 is 0 Å². The van der Waals surface area contributed by atoms with Crippen LogP contribution in [0.2, 0.25) is 0 Å². The van der Waals surface area contributed by atoms with Crippen LogP contribution in [0, 0.1) is 18.8 Å². The number of nitrogens with one attached hydrogen (secondary N) is 1. The summed E-state index contributed by atoms with van der Waals surface area (Å²) in [7, 11) is 2.02. The van der Waals surface area contributed by atoms with Crippen molar-refractivity contribution >= 4 is 5.69 Å². The number of aryl methyl sites for hydroxylation is 1. The Bertz CT molecular complexity index is 404. The summed E-state index contributed by atoms with van der Waals surface area (Å²) in [5.41, 5.74) is 4.22. The first-order valence-corrected chi connectivity index (χ1v) is 7.61. The summed E-state index contributed by atoms with van der Waals surface area (Å²) in [6.45, 7) is 10.3. The predicted molar refractivity (Wildman–Crippen MR) is 83.7 cm³/mol. The van der Waals surface area contributed by atoms with Gasteiger partial charge in [0.05, 0.1) is 0 Å². The number of hydrogen-bond donors (Lipinski definition) is 1.